The molecule has 20 heavy (non-hydrogen) atoms. The Morgan fingerprint density at radius 1 is 1.30 bits per heavy atom. The molecule has 112 valence electrons. The van der Waals surface area contributed by atoms with E-state index < -0.39 is 5.69 Å². The number of nitrogens with one attached hydrogen (secondary N) is 1. The largest absolute Gasteiger partial charge is 0.385 e. The van der Waals surface area contributed by atoms with Crippen LogP contribution < -0.4 is 17.0 Å². The number of morpholine rings is 1. The van der Waals surface area contributed by atoms with Gasteiger partial charge in [0.15, 0.2) is 0 Å². The zero-order valence-electron chi connectivity index (χ0n) is 11.9. The minimum atomic E-state index is -0.424. The van der Waals surface area contributed by atoms with Crippen molar-refractivity contribution in [3.05, 3.63) is 26.4 Å². The summed E-state index contributed by atoms with van der Waals surface area (Å²) in [6.45, 7) is 5.90. The zero-order valence-corrected chi connectivity index (χ0v) is 11.9. The number of hydrogen-bond donors (Lipinski definition) is 2. The van der Waals surface area contributed by atoms with Crippen LogP contribution in [0.3, 0.4) is 0 Å². The lowest BCUT2D eigenvalue weighted by Crippen LogP contribution is -2.40. The van der Waals surface area contributed by atoms with Crippen molar-refractivity contribution < 1.29 is 4.74 Å². The molecule has 1 saturated heterocycles. The van der Waals surface area contributed by atoms with Crippen molar-refractivity contribution in [1.29, 1.82) is 0 Å². The number of nitrogen functional groups attached to an aromatic ring is 1. The van der Waals surface area contributed by atoms with Gasteiger partial charge < -0.3 is 10.5 Å². The van der Waals surface area contributed by atoms with Crippen LogP contribution in [0.25, 0.3) is 0 Å². The molecule has 0 aromatic carbocycles. The second-order valence-electron chi connectivity index (χ2n) is 5.02. The molecule has 1 aliphatic heterocycles. The van der Waals surface area contributed by atoms with Crippen LogP contribution in [-0.4, -0.2) is 40.8 Å². The molecule has 1 aromatic rings. The fourth-order valence-corrected chi connectivity index (χ4v) is 2.30. The summed E-state index contributed by atoms with van der Waals surface area (Å²) >= 11 is 0. The van der Waals surface area contributed by atoms with E-state index in [0.29, 0.717) is 37.7 Å². The molecular weight excluding hydrogens is 260 g/mol. The van der Waals surface area contributed by atoms with Gasteiger partial charge in [-0.3, -0.25) is 19.2 Å². The van der Waals surface area contributed by atoms with Crippen molar-refractivity contribution in [2.75, 3.05) is 32.0 Å². The van der Waals surface area contributed by atoms with E-state index in [4.69, 9.17) is 10.5 Å². The number of ether oxygens (including phenoxy) is 1. The van der Waals surface area contributed by atoms with E-state index >= 15 is 0 Å². The molecule has 7 nitrogen and oxygen atoms in total. The van der Waals surface area contributed by atoms with Crippen LogP contribution in [0.2, 0.25) is 0 Å². The van der Waals surface area contributed by atoms with E-state index in [1.165, 1.54) is 4.57 Å². The molecule has 2 heterocycles. The van der Waals surface area contributed by atoms with Gasteiger partial charge in [0.25, 0.3) is 5.56 Å². The molecule has 0 unspecified atom stereocenters. The first kappa shape index (κ1) is 14.8. The molecule has 0 aliphatic carbocycles. The van der Waals surface area contributed by atoms with E-state index in [2.05, 4.69) is 9.88 Å². The van der Waals surface area contributed by atoms with Gasteiger partial charge in [0, 0.05) is 26.2 Å². The van der Waals surface area contributed by atoms with Gasteiger partial charge in [0.2, 0.25) is 0 Å². The van der Waals surface area contributed by atoms with Gasteiger partial charge in [-0.25, -0.2) is 4.79 Å². The highest BCUT2D eigenvalue weighted by Crippen LogP contribution is 2.10. The van der Waals surface area contributed by atoms with Crippen molar-refractivity contribution in [2.45, 2.75) is 32.9 Å². The zero-order chi connectivity index (χ0) is 14.5. The Morgan fingerprint density at radius 3 is 2.65 bits per heavy atom. The van der Waals surface area contributed by atoms with Crippen LogP contribution in [0.4, 0.5) is 5.82 Å². The first-order chi connectivity index (χ1) is 9.63. The van der Waals surface area contributed by atoms with E-state index in [9.17, 15) is 9.59 Å². The summed E-state index contributed by atoms with van der Waals surface area (Å²) in [6.07, 6.45) is 1.82. The van der Waals surface area contributed by atoms with E-state index in [-0.39, 0.29) is 5.56 Å². The Morgan fingerprint density at radius 2 is 2.00 bits per heavy atom. The van der Waals surface area contributed by atoms with Crippen LogP contribution in [0, 0.1) is 0 Å². The van der Waals surface area contributed by atoms with Crippen LogP contribution in [0.1, 0.15) is 25.3 Å². The van der Waals surface area contributed by atoms with E-state index in [0.717, 1.165) is 25.9 Å². The molecule has 0 saturated carbocycles. The highest BCUT2D eigenvalue weighted by molar-refractivity contribution is 5.38. The Labute approximate surface area is 117 Å². The number of rotatable bonds is 5. The third kappa shape index (κ3) is 3.29. The summed E-state index contributed by atoms with van der Waals surface area (Å²) in [5, 5.41) is 0. The quantitative estimate of drug-likeness (QED) is 0.777. The topological polar surface area (TPSA) is 93.3 Å². The van der Waals surface area contributed by atoms with Gasteiger partial charge in [-0.05, 0) is 6.42 Å². The fourth-order valence-electron chi connectivity index (χ4n) is 2.30. The average molecular weight is 282 g/mol. The van der Waals surface area contributed by atoms with Crippen LogP contribution >= 0.6 is 0 Å². The predicted octanol–water partition coefficient (Wildman–Crippen LogP) is -0.249. The number of H-pyrrole nitrogens is 1. The van der Waals surface area contributed by atoms with Crippen LogP contribution in [0.15, 0.2) is 9.59 Å². The number of unbranched alkanes of at least 4 members (excludes halogenated alkanes) is 1. The van der Waals surface area contributed by atoms with Gasteiger partial charge in [-0.1, -0.05) is 13.3 Å². The van der Waals surface area contributed by atoms with Gasteiger partial charge in [-0.2, -0.15) is 0 Å². The molecule has 0 spiro atoms. The monoisotopic (exact) mass is 282 g/mol. The first-order valence-electron chi connectivity index (χ1n) is 7.05. The Balaban J connectivity index is 2.26. The number of aromatic nitrogens is 2. The Hall–Kier alpha value is -1.60. The maximum Gasteiger partial charge on any atom is 0.329 e. The summed E-state index contributed by atoms with van der Waals surface area (Å²) in [5.74, 6) is 0.290. The lowest BCUT2D eigenvalue weighted by molar-refractivity contribution is 0.0340. The Kier molecular flexibility index (Phi) is 4.97. The van der Waals surface area contributed by atoms with Crippen molar-refractivity contribution in [1.82, 2.24) is 14.5 Å². The van der Waals surface area contributed by atoms with E-state index in [1.807, 2.05) is 6.92 Å². The van der Waals surface area contributed by atoms with Crippen molar-refractivity contribution in [3.63, 3.8) is 0 Å². The summed E-state index contributed by atoms with van der Waals surface area (Å²) in [4.78, 5) is 28.2. The normalized spacial score (nSPS) is 16.4. The highest BCUT2D eigenvalue weighted by Gasteiger charge is 2.17. The highest BCUT2D eigenvalue weighted by atomic mass is 16.5. The molecule has 7 heteroatoms. The van der Waals surface area contributed by atoms with Crippen molar-refractivity contribution in [3.8, 4) is 0 Å². The summed E-state index contributed by atoms with van der Waals surface area (Å²) in [5.41, 5.74) is 5.70. The number of aromatic amines is 1. The molecule has 0 bridgehead atoms. The standard InChI is InChI=1S/C13H22N4O3/c1-2-3-4-17-11(14)10(12(18)15-13(17)19)9-16-5-7-20-8-6-16/h2-9,14H2,1H3,(H,15,18,19). The average Bonchev–Trinajstić information content (AvgIpc) is 2.44. The lowest BCUT2D eigenvalue weighted by Gasteiger charge is -2.26. The van der Waals surface area contributed by atoms with Gasteiger partial charge in [0.05, 0.1) is 18.8 Å². The number of hydrogen-bond acceptors (Lipinski definition) is 5. The minimum Gasteiger partial charge on any atom is -0.385 e. The summed E-state index contributed by atoms with van der Waals surface area (Å²) in [6, 6.07) is 0. The molecule has 0 atom stereocenters. The predicted molar refractivity (Wildman–Crippen MR) is 76.7 cm³/mol. The summed E-state index contributed by atoms with van der Waals surface area (Å²) < 4.78 is 6.74. The van der Waals surface area contributed by atoms with Gasteiger partial charge in [0.1, 0.15) is 5.82 Å². The molecule has 1 aromatic heterocycles. The fraction of sp³-hybridized carbons (Fsp3) is 0.692. The molecule has 0 radical (unpaired) electrons. The molecular formula is C13H22N4O3. The SMILES string of the molecule is CCCCn1c(N)c(CN2CCOCC2)c(=O)[nH]c1=O. The molecule has 0 amide bonds. The van der Waals surface area contributed by atoms with Crippen LogP contribution in [0.5, 0.6) is 0 Å². The van der Waals surface area contributed by atoms with Gasteiger partial charge in [-0.15, -0.1) is 0 Å². The smallest absolute Gasteiger partial charge is 0.329 e. The summed E-state index contributed by atoms with van der Waals surface area (Å²) in [7, 11) is 0. The molecule has 2 rings (SSSR count). The van der Waals surface area contributed by atoms with E-state index in [1.54, 1.807) is 0 Å². The van der Waals surface area contributed by atoms with Crippen molar-refractivity contribution >= 4 is 5.82 Å². The maximum absolute atomic E-state index is 12.0. The second-order valence-corrected chi connectivity index (χ2v) is 5.02. The lowest BCUT2D eigenvalue weighted by atomic mass is 10.2. The molecule has 3 N–H and O–H groups in total. The van der Waals surface area contributed by atoms with Gasteiger partial charge >= 0.3 is 5.69 Å². The minimum absolute atomic E-state index is 0.290. The van der Waals surface area contributed by atoms with Crippen LogP contribution in [-0.2, 0) is 17.8 Å². The molecule has 1 fully saturated rings. The number of anilines is 1. The maximum atomic E-state index is 12.0. The van der Waals surface area contributed by atoms with Crippen molar-refractivity contribution in [2.24, 2.45) is 0 Å². The Bertz CT molecular complexity index is 558. The molecule has 1 aliphatic rings. The third-order valence-electron chi connectivity index (χ3n) is 3.56. The number of nitrogens with two attached hydrogens (primary N) is 1. The second kappa shape index (κ2) is 6.71. The first-order valence-corrected chi connectivity index (χ1v) is 7.05. The third-order valence-corrected chi connectivity index (χ3v) is 3.56. The number of nitrogens with zero attached hydrogens (tertiary/aromatic N) is 2.